The van der Waals surface area contributed by atoms with Crippen LogP contribution in [-0.4, -0.2) is 25.2 Å². The number of halogens is 1. The third-order valence-electron chi connectivity index (χ3n) is 1.67. The van der Waals surface area contributed by atoms with Crippen LogP contribution in [0.4, 0.5) is 0 Å². The molecule has 0 rings (SSSR count). The molecule has 0 amide bonds. The minimum atomic E-state index is -0.322. The van der Waals surface area contributed by atoms with Crippen molar-refractivity contribution in [1.29, 1.82) is 0 Å². The van der Waals surface area contributed by atoms with Crippen molar-refractivity contribution < 1.29 is 19.1 Å². The number of allylic oxidation sites excluding steroid dienone is 1. The van der Waals surface area contributed by atoms with Crippen LogP contribution < -0.4 is 0 Å². The van der Waals surface area contributed by atoms with Gasteiger partial charge in [-0.25, -0.2) is 0 Å². The fourth-order valence-corrected chi connectivity index (χ4v) is 1.14. The summed E-state index contributed by atoms with van der Waals surface area (Å²) in [5, 5.41) is 0.473. The van der Waals surface area contributed by atoms with Crippen molar-refractivity contribution in [3.05, 3.63) is 11.1 Å². The summed E-state index contributed by atoms with van der Waals surface area (Å²) in [6.45, 7) is 4.20. The first-order valence-electron chi connectivity index (χ1n) is 5.25. The summed E-state index contributed by atoms with van der Waals surface area (Å²) in [4.78, 5) is 22.0. The Kier molecular flexibility index (Phi) is 8.62. The van der Waals surface area contributed by atoms with Crippen LogP contribution in [-0.2, 0) is 19.1 Å². The average molecular weight is 249 g/mol. The molecule has 0 aromatic heterocycles. The van der Waals surface area contributed by atoms with Crippen LogP contribution in [0.15, 0.2) is 11.1 Å². The summed E-state index contributed by atoms with van der Waals surface area (Å²) < 4.78 is 9.46. The minimum Gasteiger partial charge on any atom is -0.466 e. The van der Waals surface area contributed by atoms with E-state index < -0.39 is 0 Å². The molecule has 0 heterocycles. The van der Waals surface area contributed by atoms with E-state index in [1.165, 1.54) is 0 Å². The van der Waals surface area contributed by atoms with Crippen LogP contribution in [0.2, 0.25) is 0 Å². The molecule has 0 aliphatic carbocycles. The molecular formula is C11H17ClO4. The molecular weight excluding hydrogens is 232 g/mol. The molecule has 0 unspecified atom stereocenters. The predicted octanol–water partition coefficient (Wildman–Crippen LogP) is 2.41. The van der Waals surface area contributed by atoms with E-state index in [2.05, 4.69) is 0 Å². The number of ether oxygens (including phenoxy) is 2. The third-order valence-corrected chi connectivity index (χ3v) is 2.01. The highest BCUT2D eigenvalue weighted by molar-refractivity contribution is 6.29. The Morgan fingerprint density at radius 1 is 1.06 bits per heavy atom. The Hall–Kier alpha value is -1.03. The second kappa shape index (κ2) is 9.21. The number of carbonyl (C=O) groups excluding carboxylic acids is 2. The standard InChI is InChI=1S/C11H17ClO4/c1-3-15-10(13)7-5-9(12)6-8-11(14)16-4-2/h5H,3-4,6-8H2,1-2H3. The monoisotopic (exact) mass is 248 g/mol. The fourth-order valence-electron chi connectivity index (χ4n) is 0.971. The fraction of sp³-hybridized carbons (Fsp3) is 0.636. The summed E-state index contributed by atoms with van der Waals surface area (Å²) >= 11 is 5.81. The predicted molar refractivity (Wildman–Crippen MR) is 61.1 cm³/mol. The van der Waals surface area contributed by atoms with Gasteiger partial charge in [-0.05, 0) is 20.3 Å². The highest BCUT2D eigenvalue weighted by Gasteiger charge is 2.04. The van der Waals surface area contributed by atoms with Crippen molar-refractivity contribution in [2.45, 2.75) is 33.1 Å². The first-order valence-corrected chi connectivity index (χ1v) is 5.63. The summed E-state index contributed by atoms with van der Waals surface area (Å²) in [6.07, 6.45) is 2.31. The smallest absolute Gasteiger partial charge is 0.309 e. The largest absolute Gasteiger partial charge is 0.466 e. The van der Waals surface area contributed by atoms with Crippen molar-refractivity contribution in [3.8, 4) is 0 Å². The Bertz CT molecular complexity index is 261. The number of hydrogen-bond acceptors (Lipinski definition) is 4. The van der Waals surface area contributed by atoms with Gasteiger partial charge in [0, 0.05) is 5.03 Å². The van der Waals surface area contributed by atoms with Gasteiger partial charge in [-0.3, -0.25) is 9.59 Å². The molecule has 0 aromatic rings. The van der Waals surface area contributed by atoms with Crippen molar-refractivity contribution in [2.24, 2.45) is 0 Å². The topological polar surface area (TPSA) is 52.6 Å². The van der Waals surface area contributed by atoms with Crippen LogP contribution in [0.25, 0.3) is 0 Å². The zero-order chi connectivity index (χ0) is 12.4. The van der Waals surface area contributed by atoms with Crippen molar-refractivity contribution in [3.63, 3.8) is 0 Å². The van der Waals surface area contributed by atoms with Gasteiger partial charge in [-0.2, -0.15) is 0 Å². The average Bonchev–Trinajstić information content (AvgIpc) is 2.24. The molecule has 0 radical (unpaired) electrons. The molecule has 16 heavy (non-hydrogen) atoms. The first kappa shape index (κ1) is 15.0. The molecule has 0 aliphatic rings. The van der Waals surface area contributed by atoms with Gasteiger partial charge < -0.3 is 9.47 Å². The minimum absolute atomic E-state index is 0.134. The van der Waals surface area contributed by atoms with E-state index >= 15 is 0 Å². The molecule has 0 bridgehead atoms. The Labute approximate surface area is 101 Å². The Morgan fingerprint density at radius 3 is 2.19 bits per heavy atom. The number of carbonyl (C=O) groups is 2. The van der Waals surface area contributed by atoms with Crippen molar-refractivity contribution >= 4 is 23.5 Å². The lowest BCUT2D eigenvalue weighted by molar-refractivity contribution is -0.143. The van der Waals surface area contributed by atoms with Crippen LogP contribution in [0.3, 0.4) is 0 Å². The van der Waals surface area contributed by atoms with E-state index in [1.807, 2.05) is 0 Å². The van der Waals surface area contributed by atoms with E-state index in [0.717, 1.165) is 0 Å². The normalized spacial score (nSPS) is 11.1. The van der Waals surface area contributed by atoms with Gasteiger partial charge in [-0.15, -0.1) is 0 Å². The maximum Gasteiger partial charge on any atom is 0.309 e. The summed E-state index contributed by atoms with van der Waals surface area (Å²) in [5.74, 6) is -0.609. The second-order valence-electron chi connectivity index (χ2n) is 2.97. The molecule has 0 spiro atoms. The van der Waals surface area contributed by atoms with E-state index in [4.69, 9.17) is 21.1 Å². The van der Waals surface area contributed by atoms with Crippen LogP contribution >= 0.6 is 11.6 Å². The van der Waals surface area contributed by atoms with Crippen molar-refractivity contribution in [1.82, 2.24) is 0 Å². The van der Waals surface area contributed by atoms with Gasteiger partial charge in [0.2, 0.25) is 0 Å². The highest BCUT2D eigenvalue weighted by atomic mass is 35.5. The lowest BCUT2D eigenvalue weighted by atomic mass is 10.2. The van der Waals surface area contributed by atoms with Crippen LogP contribution in [0.1, 0.15) is 33.1 Å². The van der Waals surface area contributed by atoms with E-state index in [1.54, 1.807) is 19.9 Å². The lowest BCUT2D eigenvalue weighted by Crippen LogP contribution is -2.04. The zero-order valence-corrected chi connectivity index (χ0v) is 10.4. The van der Waals surface area contributed by atoms with Gasteiger partial charge in [0.05, 0.1) is 26.1 Å². The maximum atomic E-state index is 11.0. The van der Waals surface area contributed by atoms with Gasteiger partial charge in [0.15, 0.2) is 0 Å². The third kappa shape index (κ3) is 8.29. The molecule has 92 valence electrons. The van der Waals surface area contributed by atoms with Gasteiger partial charge in [0.1, 0.15) is 0 Å². The molecule has 0 saturated heterocycles. The van der Waals surface area contributed by atoms with Gasteiger partial charge in [-0.1, -0.05) is 17.7 Å². The maximum absolute atomic E-state index is 11.0. The number of hydrogen-bond donors (Lipinski definition) is 0. The molecule has 0 aromatic carbocycles. The van der Waals surface area contributed by atoms with E-state index in [0.29, 0.717) is 24.7 Å². The number of rotatable bonds is 7. The zero-order valence-electron chi connectivity index (χ0n) is 9.62. The van der Waals surface area contributed by atoms with Gasteiger partial charge >= 0.3 is 11.9 Å². The molecule has 0 saturated carbocycles. The van der Waals surface area contributed by atoms with Crippen LogP contribution in [0, 0.1) is 0 Å². The summed E-state index contributed by atoms with van der Waals surface area (Å²) in [5.41, 5.74) is 0. The molecule has 0 fully saturated rings. The quantitative estimate of drug-likeness (QED) is 0.650. The SMILES string of the molecule is CCOC(=O)CC=C(Cl)CCC(=O)OCC. The summed E-state index contributed by atoms with van der Waals surface area (Å²) in [7, 11) is 0. The van der Waals surface area contributed by atoms with Gasteiger partial charge in [0.25, 0.3) is 0 Å². The molecule has 0 N–H and O–H groups in total. The Morgan fingerprint density at radius 2 is 1.62 bits per heavy atom. The molecule has 0 aliphatic heterocycles. The summed E-state index contributed by atoms with van der Waals surface area (Å²) in [6, 6.07) is 0. The van der Waals surface area contributed by atoms with Crippen LogP contribution in [0.5, 0.6) is 0 Å². The second-order valence-corrected chi connectivity index (χ2v) is 3.45. The van der Waals surface area contributed by atoms with E-state index in [-0.39, 0.29) is 24.8 Å². The first-order chi connectivity index (χ1) is 7.60. The number of esters is 2. The molecule has 5 heteroatoms. The molecule has 4 nitrogen and oxygen atoms in total. The Balaban J connectivity index is 3.78. The van der Waals surface area contributed by atoms with Crippen molar-refractivity contribution in [2.75, 3.05) is 13.2 Å². The molecule has 0 atom stereocenters. The van der Waals surface area contributed by atoms with E-state index in [9.17, 15) is 9.59 Å². The highest BCUT2D eigenvalue weighted by Crippen LogP contribution is 2.12. The lowest BCUT2D eigenvalue weighted by Gasteiger charge is -2.01.